The molecule has 1 N–H and O–H groups in total. The van der Waals surface area contributed by atoms with E-state index in [4.69, 9.17) is 4.74 Å². The van der Waals surface area contributed by atoms with Crippen LogP contribution in [0.15, 0.2) is 12.4 Å². The van der Waals surface area contributed by atoms with Crippen LogP contribution in [0.3, 0.4) is 0 Å². The van der Waals surface area contributed by atoms with Gasteiger partial charge < -0.3 is 10.1 Å². The van der Waals surface area contributed by atoms with Crippen LogP contribution in [0.2, 0.25) is 0 Å². The molecule has 0 radical (unpaired) electrons. The molecule has 0 spiro atoms. The van der Waals surface area contributed by atoms with Gasteiger partial charge in [0.25, 0.3) is 5.91 Å². The van der Waals surface area contributed by atoms with Gasteiger partial charge in [-0.1, -0.05) is 6.92 Å². The molecule has 1 aliphatic rings. The number of amides is 1. The molecule has 0 bridgehead atoms. The molecule has 1 atom stereocenters. The van der Waals surface area contributed by atoms with Gasteiger partial charge in [0.05, 0.1) is 6.61 Å². The minimum atomic E-state index is -0.782. The first-order valence-corrected chi connectivity index (χ1v) is 7.45. The van der Waals surface area contributed by atoms with Crippen LogP contribution in [-0.4, -0.2) is 53.1 Å². The number of morpholine rings is 1. The van der Waals surface area contributed by atoms with Crippen LogP contribution >= 0.6 is 0 Å². The molecule has 1 aromatic rings. The summed E-state index contributed by atoms with van der Waals surface area (Å²) < 4.78 is 5.65. The number of nitrogens with one attached hydrogen (secondary N) is 1. The first-order chi connectivity index (χ1) is 10.1. The molecule has 1 saturated heterocycles. The van der Waals surface area contributed by atoms with Crippen LogP contribution in [0.25, 0.3) is 0 Å². The lowest BCUT2D eigenvalue weighted by molar-refractivity contribution is -0.156. The summed E-state index contributed by atoms with van der Waals surface area (Å²) in [5.41, 5.74) is 0.284. The molecule has 1 amide bonds. The Hall–Kier alpha value is -1.53. The number of hydrogen-bond donors (Lipinski definition) is 1. The Morgan fingerprint density at radius 2 is 2.19 bits per heavy atom. The van der Waals surface area contributed by atoms with Crippen LogP contribution in [0.4, 0.5) is 0 Å². The molecule has 1 aliphatic heterocycles. The van der Waals surface area contributed by atoms with E-state index in [1.165, 1.54) is 0 Å². The SMILES string of the molecule is CCCc1ncc(CN2CCOC(C)(C(=O)NC)C2)cn1. The first-order valence-electron chi connectivity index (χ1n) is 7.45. The molecule has 0 aromatic carbocycles. The number of aromatic nitrogens is 2. The summed E-state index contributed by atoms with van der Waals surface area (Å²) in [6.45, 7) is 6.62. The Labute approximate surface area is 125 Å². The van der Waals surface area contributed by atoms with Crippen molar-refractivity contribution in [2.75, 3.05) is 26.7 Å². The second kappa shape index (κ2) is 6.95. The van der Waals surface area contributed by atoms with Crippen molar-refractivity contribution in [3.8, 4) is 0 Å². The number of aryl methyl sites for hydroxylation is 1. The largest absolute Gasteiger partial charge is 0.363 e. The van der Waals surface area contributed by atoms with E-state index in [-0.39, 0.29) is 5.91 Å². The lowest BCUT2D eigenvalue weighted by atomic mass is 10.0. The third-order valence-electron chi connectivity index (χ3n) is 3.70. The van der Waals surface area contributed by atoms with Gasteiger partial charge in [-0.2, -0.15) is 0 Å². The molecule has 2 heterocycles. The van der Waals surface area contributed by atoms with Crippen LogP contribution < -0.4 is 5.32 Å². The van der Waals surface area contributed by atoms with E-state index in [0.29, 0.717) is 13.2 Å². The molecule has 1 fully saturated rings. The van der Waals surface area contributed by atoms with Gasteiger partial charge in [-0.15, -0.1) is 0 Å². The highest BCUT2D eigenvalue weighted by molar-refractivity contribution is 5.84. The smallest absolute Gasteiger partial charge is 0.253 e. The Bertz CT molecular complexity index is 477. The average Bonchev–Trinajstić information content (AvgIpc) is 2.49. The van der Waals surface area contributed by atoms with Crippen molar-refractivity contribution in [2.24, 2.45) is 0 Å². The molecule has 21 heavy (non-hydrogen) atoms. The molecule has 116 valence electrons. The van der Waals surface area contributed by atoms with Crippen molar-refractivity contribution in [1.82, 2.24) is 20.2 Å². The maximum Gasteiger partial charge on any atom is 0.253 e. The van der Waals surface area contributed by atoms with E-state index >= 15 is 0 Å². The van der Waals surface area contributed by atoms with E-state index < -0.39 is 5.60 Å². The summed E-state index contributed by atoms with van der Waals surface area (Å²) in [6.07, 6.45) is 5.72. The molecule has 1 unspecified atom stereocenters. The van der Waals surface area contributed by atoms with Crippen molar-refractivity contribution < 1.29 is 9.53 Å². The zero-order valence-corrected chi connectivity index (χ0v) is 13.1. The van der Waals surface area contributed by atoms with Gasteiger partial charge in [0, 0.05) is 51.1 Å². The second-order valence-electron chi connectivity index (χ2n) is 5.63. The zero-order valence-electron chi connectivity index (χ0n) is 13.1. The lowest BCUT2D eigenvalue weighted by Gasteiger charge is -2.38. The number of rotatable bonds is 5. The van der Waals surface area contributed by atoms with Crippen molar-refractivity contribution in [3.05, 3.63) is 23.8 Å². The fourth-order valence-corrected chi connectivity index (χ4v) is 2.56. The highest BCUT2D eigenvalue weighted by Gasteiger charge is 2.38. The molecule has 2 rings (SSSR count). The Balaban J connectivity index is 1.97. The summed E-state index contributed by atoms with van der Waals surface area (Å²) >= 11 is 0. The van der Waals surface area contributed by atoms with Crippen molar-refractivity contribution in [2.45, 2.75) is 38.8 Å². The van der Waals surface area contributed by atoms with Gasteiger partial charge in [0.15, 0.2) is 5.60 Å². The highest BCUT2D eigenvalue weighted by Crippen LogP contribution is 2.19. The number of carbonyl (C=O) groups excluding carboxylic acids is 1. The fraction of sp³-hybridized carbons (Fsp3) is 0.667. The normalized spacial score (nSPS) is 23.0. The molecular formula is C15H24N4O2. The van der Waals surface area contributed by atoms with Crippen LogP contribution in [0, 0.1) is 0 Å². The van der Waals surface area contributed by atoms with E-state index in [1.54, 1.807) is 7.05 Å². The number of hydrogen-bond acceptors (Lipinski definition) is 5. The maximum absolute atomic E-state index is 11.9. The Morgan fingerprint density at radius 1 is 1.48 bits per heavy atom. The number of carbonyl (C=O) groups is 1. The van der Waals surface area contributed by atoms with Gasteiger partial charge in [0.2, 0.25) is 0 Å². The quantitative estimate of drug-likeness (QED) is 0.868. The summed E-state index contributed by atoms with van der Waals surface area (Å²) in [7, 11) is 1.64. The van der Waals surface area contributed by atoms with Gasteiger partial charge in [-0.3, -0.25) is 9.69 Å². The highest BCUT2D eigenvalue weighted by atomic mass is 16.5. The van der Waals surface area contributed by atoms with Gasteiger partial charge in [0.1, 0.15) is 5.82 Å². The van der Waals surface area contributed by atoms with Crippen molar-refractivity contribution >= 4 is 5.91 Å². The van der Waals surface area contributed by atoms with Crippen LogP contribution in [0.1, 0.15) is 31.7 Å². The van der Waals surface area contributed by atoms with E-state index in [9.17, 15) is 4.79 Å². The Morgan fingerprint density at radius 3 is 2.81 bits per heavy atom. The average molecular weight is 292 g/mol. The number of likely N-dealkylation sites (N-methyl/N-ethyl adjacent to an activating group) is 1. The molecular weight excluding hydrogens is 268 g/mol. The summed E-state index contributed by atoms with van der Waals surface area (Å²) in [4.78, 5) is 22.9. The lowest BCUT2D eigenvalue weighted by Crippen LogP contribution is -2.57. The number of ether oxygens (including phenoxy) is 1. The third-order valence-corrected chi connectivity index (χ3v) is 3.70. The van der Waals surface area contributed by atoms with E-state index in [0.717, 1.165) is 37.3 Å². The zero-order chi connectivity index (χ0) is 15.3. The topological polar surface area (TPSA) is 67.4 Å². The summed E-state index contributed by atoms with van der Waals surface area (Å²) in [5, 5.41) is 2.67. The van der Waals surface area contributed by atoms with Crippen LogP contribution in [-0.2, 0) is 22.5 Å². The minimum Gasteiger partial charge on any atom is -0.363 e. The molecule has 1 aromatic heterocycles. The first kappa shape index (κ1) is 15.9. The monoisotopic (exact) mass is 292 g/mol. The van der Waals surface area contributed by atoms with E-state index in [2.05, 4.69) is 27.1 Å². The van der Waals surface area contributed by atoms with Crippen molar-refractivity contribution in [3.63, 3.8) is 0 Å². The predicted molar refractivity (Wildman–Crippen MR) is 79.7 cm³/mol. The molecule has 6 nitrogen and oxygen atoms in total. The molecule has 6 heteroatoms. The van der Waals surface area contributed by atoms with E-state index in [1.807, 2.05) is 19.3 Å². The second-order valence-corrected chi connectivity index (χ2v) is 5.63. The van der Waals surface area contributed by atoms with Gasteiger partial charge in [-0.25, -0.2) is 9.97 Å². The Kier molecular flexibility index (Phi) is 5.25. The van der Waals surface area contributed by atoms with Crippen molar-refractivity contribution in [1.29, 1.82) is 0 Å². The summed E-state index contributed by atoms with van der Waals surface area (Å²) in [6, 6.07) is 0. The van der Waals surface area contributed by atoms with Crippen LogP contribution in [0.5, 0.6) is 0 Å². The minimum absolute atomic E-state index is 0.0817. The maximum atomic E-state index is 11.9. The summed E-state index contributed by atoms with van der Waals surface area (Å²) in [5.74, 6) is 0.806. The predicted octanol–water partition coefficient (Wildman–Crippen LogP) is 0.766. The third kappa shape index (κ3) is 3.98. The van der Waals surface area contributed by atoms with Gasteiger partial charge >= 0.3 is 0 Å². The standard InChI is InChI=1S/C15H24N4O2/c1-4-5-13-17-8-12(9-18-13)10-19-6-7-21-15(2,11-19)14(20)16-3/h8-9H,4-7,10-11H2,1-3H3,(H,16,20). The fourth-order valence-electron chi connectivity index (χ4n) is 2.56. The molecule has 0 saturated carbocycles. The molecule has 0 aliphatic carbocycles. The van der Waals surface area contributed by atoms with Gasteiger partial charge in [-0.05, 0) is 13.3 Å². The number of nitrogens with zero attached hydrogens (tertiary/aromatic N) is 3.